The van der Waals surface area contributed by atoms with Gasteiger partial charge in [-0.05, 0) is 18.2 Å². The Bertz CT molecular complexity index is 1150. The summed E-state index contributed by atoms with van der Waals surface area (Å²) >= 11 is 4.55. The van der Waals surface area contributed by atoms with Crippen LogP contribution in [0.1, 0.15) is 11.1 Å². The summed E-state index contributed by atoms with van der Waals surface area (Å²) in [5, 5.41) is 9.20. The van der Waals surface area contributed by atoms with E-state index >= 15 is 0 Å². The van der Waals surface area contributed by atoms with E-state index in [4.69, 9.17) is 18.9 Å². The zero-order valence-corrected chi connectivity index (χ0v) is 22.0. The Kier molecular flexibility index (Phi) is 11.4. The lowest BCUT2D eigenvalue weighted by Gasteiger charge is -2.12. The highest BCUT2D eigenvalue weighted by Gasteiger charge is 2.18. The monoisotopic (exact) mass is 671 g/mol. The van der Waals surface area contributed by atoms with Crippen molar-refractivity contribution in [2.75, 3.05) is 16.7 Å². The van der Waals surface area contributed by atoms with Gasteiger partial charge in [0.05, 0.1) is 34.5 Å². The van der Waals surface area contributed by atoms with Crippen LogP contribution in [-0.2, 0) is 14.3 Å². The van der Waals surface area contributed by atoms with E-state index in [2.05, 4.69) is 61.2 Å². The Morgan fingerprint density at radius 2 is 1.58 bits per heavy atom. The van der Waals surface area contributed by atoms with Crippen molar-refractivity contribution in [2.24, 2.45) is 0 Å². The minimum atomic E-state index is -0.576. The maximum absolute atomic E-state index is 12.1. The van der Waals surface area contributed by atoms with Crippen molar-refractivity contribution >= 4 is 56.7 Å². The average Bonchev–Trinajstić information content (AvgIpc) is 2.84. The molecule has 0 fully saturated rings. The van der Waals surface area contributed by atoms with Crippen molar-refractivity contribution in [3.05, 3.63) is 78.3 Å². The quantitative estimate of drug-likeness (QED) is 0.101. The minimum absolute atomic E-state index is 0.184. The number of ether oxygens (including phenoxy) is 4. The third-order valence-electron chi connectivity index (χ3n) is 3.87. The standard InChI is InChI=1S/C22H17N3O5.CH2I2/c1-27-13-17(22(26)28-2)16-8-4-6-10-19(16)30-21-11-20(24-14-25-21)29-18-9-5-3-7-15(18)12-23;2-1-3/h3-11,13-14H,1-2H3;1H2/b17-13+;. The van der Waals surface area contributed by atoms with Crippen molar-refractivity contribution in [1.29, 1.82) is 5.26 Å². The van der Waals surface area contributed by atoms with Gasteiger partial charge < -0.3 is 18.9 Å². The smallest absolute Gasteiger partial charge is 0.341 e. The first-order chi connectivity index (χ1) is 16.1. The SMILES string of the molecule is CO/C=C(/C(=O)OC)c1ccccc1Oc1cc(Oc2ccccc2C#N)ncn1.ICI. The lowest BCUT2D eigenvalue weighted by Crippen LogP contribution is -2.06. The van der Waals surface area contributed by atoms with Crippen molar-refractivity contribution < 1.29 is 23.7 Å². The number of carbonyl (C=O) groups excluding carboxylic acids is 1. The molecule has 2 aromatic carbocycles. The largest absolute Gasteiger partial charge is 0.503 e. The predicted molar refractivity (Wildman–Crippen MR) is 140 cm³/mol. The summed E-state index contributed by atoms with van der Waals surface area (Å²) in [6, 6.07) is 17.2. The molecular formula is C23H19I2N3O5. The molecule has 0 unspecified atom stereocenters. The normalized spacial score (nSPS) is 10.2. The molecule has 0 saturated carbocycles. The molecule has 0 spiro atoms. The fourth-order valence-corrected chi connectivity index (χ4v) is 2.54. The molecule has 0 bridgehead atoms. The number of rotatable bonds is 7. The fourth-order valence-electron chi connectivity index (χ4n) is 2.54. The number of alkyl halides is 2. The summed E-state index contributed by atoms with van der Waals surface area (Å²) < 4.78 is 22.6. The van der Waals surface area contributed by atoms with Gasteiger partial charge in [0.25, 0.3) is 0 Å². The molecule has 0 atom stereocenters. The molecule has 0 amide bonds. The molecule has 0 aliphatic heterocycles. The van der Waals surface area contributed by atoms with Gasteiger partial charge in [-0.1, -0.05) is 75.5 Å². The summed E-state index contributed by atoms with van der Waals surface area (Å²) in [6.07, 6.45) is 2.55. The van der Waals surface area contributed by atoms with E-state index in [-0.39, 0.29) is 17.3 Å². The topological polar surface area (TPSA) is 104 Å². The van der Waals surface area contributed by atoms with E-state index < -0.39 is 5.97 Å². The molecule has 3 aromatic rings. The highest BCUT2D eigenvalue weighted by molar-refractivity contribution is 14.2. The van der Waals surface area contributed by atoms with Gasteiger partial charge in [0.2, 0.25) is 11.8 Å². The summed E-state index contributed by atoms with van der Waals surface area (Å²) in [7, 11) is 2.71. The number of nitrogens with zero attached hydrogens (tertiary/aromatic N) is 3. The van der Waals surface area contributed by atoms with Crippen LogP contribution in [0.3, 0.4) is 0 Å². The molecule has 1 aromatic heterocycles. The maximum Gasteiger partial charge on any atom is 0.341 e. The lowest BCUT2D eigenvalue weighted by molar-refractivity contribution is -0.133. The molecule has 10 heteroatoms. The first-order valence-electron chi connectivity index (χ1n) is 9.27. The molecule has 1 heterocycles. The molecular weight excluding hydrogens is 652 g/mol. The number of esters is 1. The molecule has 0 saturated heterocycles. The molecule has 0 N–H and O–H groups in total. The van der Waals surface area contributed by atoms with Gasteiger partial charge in [-0.15, -0.1) is 0 Å². The van der Waals surface area contributed by atoms with Gasteiger partial charge in [-0.2, -0.15) is 5.26 Å². The molecule has 170 valence electrons. The van der Waals surface area contributed by atoms with Crippen LogP contribution in [0.15, 0.2) is 67.2 Å². The lowest BCUT2D eigenvalue weighted by atomic mass is 10.1. The Labute approximate surface area is 218 Å². The van der Waals surface area contributed by atoms with Crippen LogP contribution in [-0.4, -0.2) is 32.6 Å². The van der Waals surface area contributed by atoms with E-state index in [0.717, 1.165) is 0 Å². The Balaban J connectivity index is 0.00000122. The van der Waals surface area contributed by atoms with E-state index in [0.29, 0.717) is 22.6 Å². The third kappa shape index (κ3) is 7.86. The Morgan fingerprint density at radius 1 is 1.00 bits per heavy atom. The van der Waals surface area contributed by atoms with Crippen molar-refractivity contribution in [3.63, 3.8) is 0 Å². The number of nitriles is 1. The zero-order valence-electron chi connectivity index (χ0n) is 17.7. The maximum atomic E-state index is 12.1. The first kappa shape index (κ1) is 26.3. The number of carbonyl (C=O) groups is 1. The Morgan fingerprint density at radius 3 is 2.18 bits per heavy atom. The molecule has 33 heavy (non-hydrogen) atoms. The molecule has 8 nitrogen and oxygen atoms in total. The van der Waals surface area contributed by atoms with Gasteiger partial charge in [-0.25, -0.2) is 14.8 Å². The van der Waals surface area contributed by atoms with Crippen molar-refractivity contribution in [3.8, 4) is 29.3 Å². The van der Waals surface area contributed by atoms with Crippen molar-refractivity contribution in [1.82, 2.24) is 9.97 Å². The number of methoxy groups -OCH3 is 2. The number of para-hydroxylation sites is 2. The van der Waals surface area contributed by atoms with E-state index in [1.54, 1.807) is 48.5 Å². The second-order valence-corrected chi connectivity index (χ2v) is 10.3. The molecule has 0 aliphatic rings. The van der Waals surface area contributed by atoms with Gasteiger partial charge >= 0.3 is 5.97 Å². The van der Waals surface area contributed by atoms with E-state index in [1.807, 2.05) is 0 Å². The number of halogens is 2. The predicted octanol–water partition coefficient (Wildman–Crippen LogP) is 5.91. The summed E-state index contributed by atoms with van der Waals surface area (Å²) in [6.45, 7) is 0. The fraction of sp³-hybridized carbons (Fsp3) is 0.130. The number of benzene rings is 2. The number of aromatic nitrogens is 2. The second kappa shape index (κ2) is 14.3. The van der Waals surface area contributed by atoms with Gasteiger partial charge in [0.1, 0.15) is 29.5 Å². The van der Waals surface area contributed by atoms with Crippen LogP contribution in [0, 0.1) is 11.3 Å². The van der Waals surface area contributed by atoms with Gasteiger partial charge in [-0.3, -0.25) is 0 Å². The van der Waals surface area contributed by atoms with Crippen LogP contribution in [0.4, 0.5) is 0 Å². The van der Waals surface area contributed by atoms with E-state index in [9.17, 15) is 10.1 Å². The number of hydrogen-bond donors (Lipinski definition) is 0. The molecule has 0 aliphatic carbocycles. The minimum Gasteiger partial charge on any atom is -0.503 e. The Hall–Kier alpha value is -2.92. The summed E-state index contributed by atoms with van der Waals surface area (Å²) in [4.78, 5) is 20.3. The first-order valence-corrected chi connectivity index (χ1v) is 12.3. The van der Waals surface area contributed by atoms with Gasteiger partial charge in [0, 0.05) is 5.56 Å². The summed E-state index contributed by atoms with van der Waals surface area (Å²) in [5.41, 5.74) is 1.02. The highest BCUT2D eigenvalue weighted by Crippen LogP contribution is 2.32. The zero-order chi connectivity index (χ0) is 24.1. The van der Waals surface area contributed by atoms with E-state index in [1.165, 1.54) is 35.3 Å². The van der Waals surface area contributed by atoms with Crippen LogP contribution in [0.5, 0.6) is 23.3 Å². The third-order valence-corrected chi connectivity index (χ3v) is 3.87. The van der Waals surface area contributed by atoms with Crippen LogP contribution in [0.25, 0.3) is 5.57 Å². The van der Waals surface area contributed by atoms with Gasteiger partial charge in [0.15, 0.2) is 0 Å². The highest BCUT2D eigenvalue weighted by atomic mass is 127. The second-order valence-electron chi connectivity index (χ2n) is 5.86. The molecule has 0 radical (unpaired) electrons. The average molecular weight is 671 g/mol. The van der Waals surface area contributed by atoms with Crippen LogP contribution >= 0.6 is 45.2 Å². The van der Waals surface area contributed by atoms with Crippen molar-refractivity contribution in [2.45, 2.75) is 0 Å². The molecule has 3 rings (SSSR count). The summed E-state index contributed by atoms with van der Waals surface area (Å²) in [5.74, 6) is 0.520. The van der Waals surface area contributed by atoms with Crippen LogP contribution < -0.4 is 9.47 Å². The number of hydrogen-bond acceptors (Lipinski definition) is 8. The van der Waals surface area contributed by atoms with Crippen LogP contribution in [0.2, 0.25) is 0 Å².